The summed E-state index contributed by atoms with van der Waals surface area (Å²) in [7, 11) is 0. The Kier molecular flexibility index (Phi) is 2.31. The van der Waals surface area contributed by atoms with Gasteiger partial charge in [0.2, 0.25) is 0 Å². The Balaban J connectivity index is 0.000000148. The van der Waals surface area contributed by atoms with Crippen molar-refractivity contribution < 1.29 is 14.5 Å². The maximum atomic E-state index is 7.00. The number of furan rings is 2. The third kappa shape index (κ3) is 1.49. The largest absolute Gasteiger partial charge is 0.482 e. The highest BCUT2D eigenvalue weighted by molar-refractivity contribution is 6.13. The van der Waals surface area contributed by atoms with E-state index in [1.165, 1.54) is 0 Å². The maximum absolute atomic E-state index is 7.00. The van der Waals surface area contributed by atoms with Gasteiger partial charge in [-0.1, -0.05) is 0 Å². The summed E-state index contributed by atoms with van der Waals surface area (Å²) >= 11 is 0. The van der Waals surface area contributed by atoms with Crippen molar-refractivity contribution in [3.05, 3.63) is 24.3 Å². The number of hydrogen-bond donors (Lipinski definition) is 2. The molecule has 10 heavy (non-hydrogen) atoms. The minimum Gasteiger partial charge on any atom is -0.457 e. The van der Waals surface area contributed by atoms with E-state index in [9.17, 15) is 0 Å². The zero-order valence-corrected chi connectivity index (χ0v) is 5.19. The van der Waals surface area contributed by atoms with Crippen molar-refractivity contribution in [1.29, 1.82) is 0 Å². The molecule has 4 heteroatoms. The number of benzene rings is 1. The number of hydrogen-bond acceptors (Lipinski definition) is 3. The second kappa shape index (κ2) is 3.24. The van der Waals surface area contributed by atoms with Crippen LogP contribution in [0.4, 0.5) is 0 Å². The van der Waals surface area contributed by atoms with Crippen LogP contribution in [0.5, 0.6) is 0 Å². The van der Waals surface area contributed by atoms with E-state index in [4.69, 9.17) is 14.5 Å². The Morgan fingerprint density at radius 2 is 1.30 bits per heavy atom. The monoisotopic (exact) mass is 137 g/mol. The van der Waals surface area contributed by atoms with Crippen LogP contribution in [0.1, 0.15) is 0 Å². The summed E-state index contributed by atoms with van der Waals surface area (Å²) in [6.07, 6.45) is 0. The van der Waals surface area contributed by atoms with Crippen molar-refractivity contribution in [2.45, 2.75) is 0 Å². The third-order valence-electron chi connectivity index (χ3n) is 1.06. The predicted octanol–water partition coefficient (Wildman–Crippen LogP) is 0.376. The predicted molar refractivity (Wildman–Crippen MR) is 37.6 cm³/mol. The quantitative estimate of drug-likeness (QED) is 0.516. The lowest BCUT2D eigenvalue weighted by Gasteiger charge is -1.60. The van der Waals surface area contributed by atoms with Gasteiger partial charge in [0.1, 0.15) is 11.2 Å². The Labute approximate surface area is 58.5 Å². The summed E-state index contributed by atoms with van der Waals surface area (Å²) in [5.74, 6) is 0. The summed E-state index contributed by atoms with van der Waals surface area (Å²) in [4.78, 5) is 0. The molecule has 1 radical (unpaired) electrons. The van der Waals surface area contributed by atoms with Crippen molar-refractivity contribution in [2.24, 2.45) is 0 Å². The van der Waals surface area contributed by atoms with E-state index in [1.807, 2.05) is 24.3 Å². The van der Waals surface area contributed by atoms with Crippen LogP contribution < -0.4 is 0 Å². The van der Waals surface area contributed by atoms with E-state index in [-0.39, 0.29) is 7.69 Å². The molecule has 0 saturated heterocycles. The second-order valence-corrected chi connectivity index (χ2v) is 1.69. The van der Waals surface area contributed by atoms with E-state index < -0.39 is 0 Å². The van der Waals surface area contributed by atoms with Gasteiger partial charge < -0.3 is 14.5 Å². The lowest BCUT2D eigenvalue weighted by molar-refractivity contribution is 0.448. The molecular weight excluding hydrogens is 131 g/mol. The number of fused-ring (bicyclic) bond motifs is 2. The van der Waals surface area contributed by atoms with Gasteiger partial charge >= 0.3 is 7.69 Å². The Hall–Kier alpha value is -0.995. The first-order chi connectivity index (χ1) is 4.86. The number of rotatable bonds is 0. The average molecular weight is 137 g/mol. The molecule has 3 nitrogen and oxygen atoms in total. The lowest BCUT2D eigenvalue weighted by atomic mass is 10.4. The molecule has 0 atom stereocenters. The molecule has 0 unspecified atom stereocenters. The maximum Gasteiger partial charge on any atom is 0.482 e. The van der Waals surface area contributed by atoms with Gasteiger partial charge in [-0.25, -0.2) is 0 Å². The summed E-state index contributed by atoms with van der Waals surface area (Å²) in [5.41, 5.74) is 1.94. The Morgan fingerprint density at radius 1 is 1.00 bits per heavy atom. The Bertz CT molecular complexity index is 222. The van der Waals surface area contributed by atoms with Crippen molar-refractivity contribution in [2.75, 3.05) is 0 Å². The van der Waals surface area contributed by atoms with E-state index in [1.54, 1.807) is 0 Å². The van der Waals surface area contributed by atoms with Crippen LogP contribution in [0, 0.1) is 0 Å². The van der Waals surface area contributed by atoms with Gasteiger partial charge in [-0.05, 0) is 24.3 Å². The van der Waals surface area contributed by atoms with Crippen LogP contribution in [0.3, 0.4) is 0 Å². The summed E-state index contributed by atoms with van der Waals surface area (Å²) < 4.78 is 5.08. The molecule has 2 bridgehead atoms. The van der Waals surface area contributed by atoms with Crippen LogP contribution in [0.15, 0.2) is 28.7 Å². The van der Waals surface area contributed by atoms with E-state index in [0.717, 1.165) is 11.2 Å². The topological polar surface area (TPSA) is 53.6 Å². The molecule has 2 rings (SSSR count). The van der Waals surface area contributed by atoms with Crippen molar-refractivity contribution >= 4 is 18.9 Å². The highest BCUT2D eigenvalue weighted by Gasteiger charge is 1.91. The minimum atomic E-state index is 0. The van der Waals surface area contributed by atoms with Gasteiger partial charge in [-0.15, -0.1) is 0 Å². The molecule has 0 fully saturated rings. The molecule has 0 amide bonds. The normalized spacial score (nSPS) is 9.00. The molecule has 51 valence electrons. The molecule has 0 aliphatic carbocycles. The van der Waals surface area contributed by atoms with Gasteiger partial charge in [0.05, 0.1) is 0 Å². The summed E-state index contributed by atoms with van der Waals surface area (Å²) in [6, 6.07) is 7.81. The van der Waals surface area contributed by atoms with Crippen LogP contribution in [0.25, 0.3) is 11.2 Å². The Morgan fingerprint density at radius 3 is 1.40 bits per heavy atom. The van der Waals surface area contributed by atoms with Crippen LogP contribution in [-0.2, 0) is 0 Å². The average Bonchev–Trinajstić information content (AvgIpc) is 2.49. The van der Waals surface area contributed by atoms with Gasteiger partial charge in [-0.3, -0.25) is 0 Å². The van der Waals surface area contributed by atoms with Crippen molar-refractivity contribution in [1.82, 2.24) is 0 Å². The van der Waals surface area contributed by atoms with Gasteiger partial charge in [0, 0.05) is 0 Å². The highest BCUT2D eigenvalue weighted by Crippen LogP contribution is 2.13. The molecule has 0 spiro atoms. The van der Waals surface area contributed by atoms with Gasteiger partial charge in [-0.2, -0.15) is 0 Å². The van der Waals surface area contributed by atoms with Gasteiger partial charge in [0.25, 0.3) is 0 Å². The fourth-order valence-corrected chi connectivity index (χ4v) is 0.712. The zero-order valence-electron chi connectivity index (χ0n) is 5.19. The molecule has 0 aromatic carbocycles. The SMILES string of the molecule is O[B]O.c1cc2ccc1o2. The van der Waals surface area contributed by atoms with E-state index >= 15 is 0 Å². The molecule has 2 heterocycles. The molecule has 0 aliphatic heterocycles. The smallest absolute Gasteiger partial charge is 0.457 e. The fraction of sp³-hybridized carbons (Fsp3) is 0. The standard InChI is InChI=1S/C6H4O.BH2O2/c1-2-6-4-3-5(1)7-6;2-1-3/h1-4H;2-3H. The first-order valence-electron chi connectivity index (χ1n) is 2.75. The molecule has 2 aromatic rings. The van der Waals surface area contributed by atoms with Crippen LogP contribution >= 0.6 is 0 Å². The highest BCUT2D eigenvalue weighted by atomic mass is 16.4. The van der Waals surface area contributed by atoms with Crippen molar-refractivity contribution in [3.63, 3.8) is 0 Å². The zero-order chi connectivity index (χ0) is 7.40. The molecule has 2 aromatic heterocycles. The first-order valence-corrected chi connectivity index (χ1v) is 2.75. The summed E-state index contributed by atoms with van der Waals surface area (Å²) in [6.45, 7) is 0. The van der Waals surface area contributed by atoms with Gasteiger partial charge in [0.15, 0.2) is 0 Å². The lowest BCUT2D eigenvalue weighted by Crippen LogP contribution is -1.75. The first kappa shape index (κ1) is 7.12. The molecular formula is C6H6BO3. The molecule has 2 N–H and O–H groups in total. The van der Waals surface area contributed by atoms with Crippen molar-refractivity contribution in [3.8, 4) is 0 Å². The third-order valence-corrected chi connectivity index (χ3v) is 1.06. The fourth-order valence-electron chi connectivity index (χ4n) is 0.712. The minimum absolute atomic E-state index is 0. The van der Waals surface area contributed by atoms with Crippen LogP contribution in [0.2, 0.25) is 0 Å². The molecule has 0 saturated carbocycles. The van der Waals surface area contributed by atoms with Crippen LogP contribution in [-0.4, -0.2) is 17.7 Å². The van der Waals surface area contributed by atoms with E-state index in [0.29, 0.717) is 0 Å². The summed E-state index contributed by atoms with van der Waals surface area (Å²) in [5, 5.41) is 14.0. The van der Waals surface area contributed by atoms with E-state index in [2.05, 4.69) is 0 Å². The second-order valence-electron chi connectivity index (χ2n) is 1.69. The molecule has 0 aliphatic rings.